The van der Waals surface area contributed by atoms with E-state index in [1.165, 1.54) is 11.3 Å². The Balaban J connectivity index is 1.98. The summed E-state index contributed by atoms with van der Waals surface area (Å²) in [5.74, 6) is -0.251. The average molecular weight is 304 g/mol. The van der Waals surface area contributed by atoms with E-state index in [9.17, 15) is 9.59 Å². The van der Waals surface area contributed by atoms with Crippen molar-refractivity contribution in [2.24, 2.45) is 0 Å². The van der Waals surface area contributed by atoms with Gasteiger partial charge in [-0.05, 0) is 30.0 Å². The minimum Gasteiger partial charge on any atom is -0.493 e. The number of benzene rings is 1. The molecule has 0 atom stereocenters. The number of carbonyl (C=O) groups excluding carboxylic acids is 2. The number of hydrogen-bond acceptors (Lipinski definition) is 4. The Labute approximate surface area is 126 Å². The summed E-state index contributed by atoms with van der Waals surface area (Å²) in [6.07, 6.45) is 0.852. The molecule has 1 aromatic carbocycles. The number of amides is 2. The molecule has 21 heavy (non-hydrogen) atoms. The van der Waals surface area contributed by atoms with Crippen molar-refractivity contribution in [3.8, 4) is 5.75 Å². The number of carbonyl (C=O) groups is 2. The van der Waals surface area contributed by atoms with Crippen LogP contribution in [0.2, 0.25) is 0 Å². The Morgan fingerprint density at radius 2 is 1.86 bits per heavy atom. The van der Waals surface area contributed by atoms with Crippen LogP contribution in [0.25, 0.3) is 0 Å². The van der Waals surface area contributed by atoms with E-state index in [4.69, 9.17) is 4.74 Å². The summed E-state index contributed by atoms with van der Waals surface area (Å²) in [4.78, 5) is 24.4. The van der Waals surface area contributed by atoms with Gasteiger partial charge in [0.2, 0.25) is 0 Å². The standard InChI is InChI=1S/C15H16N2O3S/c1-2-9-20-12-7-4-3-6-11(12)14(18)16-17-15(19)13-8-5-10-21-13/h3-8,10H,2,9H2,1H3,(H,16,18)(H,17,19). The highest BCUT2D eigenvalue weighted by Gasteiger charge is 2.13. The topological polar surface area (TPSA) is 67.4 Å². The van der Waals surface area contributed by atoms with Crippen molar-refractivity contribution in [1.29, 1.82) is 0 Å². The Kier molecular flexibility index (Phi) is 5.34. The lowest BCUT2D eigenvalue weighted by Crippen LogP contribution is -2.41. The SMILES string of the molecule is CCCOc1ccccc1C(=O)NNC(=O)c1cccs1. The normalized spacial score (nSPS) is 9.95. The quantitative estimate of drug-likeness (QED) is 0.834. The molecule has 0 radical (unpaired) electrons. The smallest absolute Gasteiger partial charge is 0.279 e. The molecule has 0 aliphatic heterocycles. The Morgan fingerprint density at radius 3 is 2.57 bits per heavy atom. The second-order valence-electron chi connectivity index (χ2n) is 4.23. The maximum atomic E-state index is 12.1. The Bertz CT molecular complexity index is 611. The second-order valence-corrected chi connectivity index (χ2v) is 5.18. The largest absolute Gasteiger partial charge is 0.493 e. The zero-order chi connectivity index (χ0) is 15.1. The van der Waals surface area contributed by atoms with Crippen molar-refractivity contribution in [2.75, 3.05) is 6.61 Å². The summed E-state index contributed by atoms with van der Waals surface area (Å²) in [5.41, 5.74) is 5.16. The van der Waals surface area contributed by atoms with Gasteiger partial charge in [0, 0.05) is 0 Å². The van der Waals surface area contributed by atoms with E-state index in [-0.39, 0.29) is 5.91 Å². The fraction of sp³-hybridized carbons (Fsp3) is 0.200. The summed E-state index contributed by atoms with van der Waals surface area (Å²) in [6, 6.07) is 10.4. The van der Waals surface area contributed by atoms with Gasteiger partial charge in [-0.2, -0.15) is 0 Å². The molecular weight excluding hydrogens is 288 g/mol. The van der Waals surface area contributed by atoms with Gasteiger partial charge in [-0.1, -0.05) is 25.1 Å². The maximum Gasteiger partial charge on any atom is 0.279 e. The van der Waals surface area contributed by atoms with Crippen LogP contribution in [0.4, 0.5) is 0 Å². The molecule has 0 unspecified atom stereocenters. The molecule has 0 spiro atoms. The third-order valence-electron chi connectivity index (χ3n) is 2.63. The lowest BCUT2D eigenvalue weighted by Gasteiger charge is -2.11. The van der Waals surface area contributed by atoms with Gasteiger partial charge in [-0.3, -0.25) is 20.4 Å². The van der Waals surface area contributed by atoms with Crippen molar-refractivity contribution in [2.45, 2.75) is 13.3 Å². The third kappa shape index (κ3) is 4.06. The highest BCUT2D eigenvalue weighted by atomic mass is 32.1. The minimum absolute atomic E-state index is 0.342. The minimum atomic E-state index is -0.411. The van der Waals surface area contributed by atoms with Crippen molar-refractivity contribution >= 4 is 23.2 Å². The Morgan fingerprint density at radius 1 is 1.10 bits per heavy atom. The molecule has 0 bridgehead atoms. The molecule has 2 rings (SSSR count). The summed E-state index contributed by atoms with van der Waals surface area (Å²) in [7, 11) is 0. The molecule has 0 saturated carbocycles. The van der Waals surface area contributed by atoms with Gasteiger partial charge >= 0.3 is 0 Å². The van der Waals surface area contributed by atoms with Crippen LogP contribution in [0.3, 0.4) is 0 Å². The summed E-state index contributed by atoms with van der Waals surface area (Å²) < 4.78 is 5.52. The number of para-hydroxylation sites is 1. The fourth-order valence-electron chi connectivity index (χ4n) is 1.64. The first-order valence-corrected chi connectivity index (χ1v) is 7.46. The predicted octanol–water partition coefficient (Wildman–Crippen LogP) is 2.61. The van der Waals surface area contributed by atoms with Crippen LogP contribution in [-0.4, -0.2) is 18.4 Å². The molecule has 5 nitrogen and oxygen atoms in total. The first-order chi connectivity index (χ1) is 10.2. The molecule has 2 N–H and O–H groups in total. The predicted molar refractivity (Wildman–Crippen MR) is 81.5 cm³/mol. The van der Waals surface area contributed by atoms with Crippen molar-refractivity contribution in [3.05, 3.63) is 52.2 Å². The van der Waals surface area contributed by atoms with Crippen LogP contribution >= 0.6 is 11.3 Å². The summed E-state index contributed by atoms with van der Waals surface area (Å²) in [6.45, 7) is 2.52. The molecule has 2 aromatic rings. The molecule has 0 saturated heterocycles. The highest BCUT2D eigenvalue weighted by Crippen LogP contribution is 2.17. The van der Waals surface area contributed by atoms with Crippen LogP contribution < -0.4 is 15.6 Å². The molecule has 6 heteroatoms. The lowest BCUT2D eigenvalue weighted by atomic mass is 10.2. The zero-order valence-corrected chi connectivity index (χ0v) is 12.4. The number of thiophene rings is 1. The van der Waals surface area contributed by atoms with Gasteiger partial charge in [-0.25, -0.2) is 0 Å². The number of hydrogen-bond donors (Lipinski definition) is 2. The van der Waals surface area contributed by atoms with Crippen molar-refractivity contribution < 1.29 is 14.3 Å². The molecule has 1 heterocycles. The lowest BCUT2D eigenvalue weighted by molar-refractivity contribution is 0.0846. The van der Waals surface area contributed by atoms with Crippen LogP contribution in [0.5, 0.6) is 5.75 Å². The molecule has 0 fully saturated rings. The van der Waals surface area contributed by atoms with E-state index < -0.39 is 5.91 Å². The highest BCUT2D eigenvalue weighted by molar-refractivity contribution is 7.12. The van der Waals surface area contributed by atoms with Gasteiger partial charge in [0.25, 0.3) is 11.8 Å². The van der Waals surface area contributed by atoms with E-state index in [0.29, 0.717) is 22.8 Å². The molecule has 0 aliphatic rings. The number of hydrazine groups is 1. The number of nitrogens with one attached hydrogen (secondary N) is 2. The second kappa shape index (κ2) is 7.44. The first kappa shape index (κ1) is 15.1. The summed E-state index contributed by atoms with van der Waals surface area (Å²) in [5, 5.41) is 1.80. The molecule has 2 amide bonds. The van der Waals surface area contributed by atoms with Gasteiger partial charge < -0.3 is 4.74 Å². The molecule has 1 aromatic heterocycles. The monoisotopic (exact) mass is 304 g/mol. The van der Waals surface area contributed by atoms with Crippen LogP contribution in [0.1, 0.15) is 33.4 Å². The zero-order valence-electron chi connectivity index (χ0n) is 11.6. The van der Waals surface area contributed by atoms with E-state index in [2.05, 4.69) is 10.9 Å². The fourth-order valence-corrected chi connectivity index (χ4v) is 2.26. The van der Waals surface area contributed by atoms with E-state index in [1.807, 2.05) is 6.92 Å². The van der Waals surface area contributed by atoms with Crippen LogP contribution in [-0.2, 0) is 0 Å². The van der Waals surface area contributed by atoms with E-state index >= 15 is 0 Å². The maximum absolute atomic E-state index is 12.1. The van der Waals surface area contributed by atoms with E-state index in [0.717, 1.165) is 6.42 Å². The molecule has 110 valence electrons. The first-order valence-electron chi connectivity index (χ1n) is 6.58. The van der Waals surface area contributed by atoms with Gasteiger partial charge in [-0.15, -0.1) is 11.3 Å². The van der Waals surface area contributed by atoms with E-state index in [1.54, 1.807) is 41.8 Å². The van der Waals surface area contributed by atoms with Gasteiger partial charge in [0.05, 0.1) is 17.0 Å². The summed E-state index contributed by atoms with van der Waals surface area (Å²) >= 11 is 1.30. The number of ether oxygens (including phenoxy) is 1. The van der Waals surface area contributed by atoms with Crippen LogP contribution in [0, 0.1) is 0 Å². The average Bonchev–Trinajstić information content (AvgIpc) is 3.05. The van der Waals surface area contributed by atoms with Crippen molar-refractivity contribution in [3.63, 3.8) is 0 Å². The van der Waals surface area contributed by atoms with Gasteiger partial charge in [0.15, 0.2) is 0 Å². The molecule has 0 aliphatic carbocycles. The number of rotatable bonds is 5. The third-order valence-corrected chi connectivity index (χ3v) is 3.50. The van der Waals surface area contributed by atoms with Crippen molar-refractivity contribution in [1.82, 2.24) is 10.9 Å². The Hall–Kier alpha value is -2.34. The van der Waals surface area contributed by atoms with Gasteiger partial charge in [0.1, 0.15) is 5.75 Å². The van der Waals surface area contributed by atoms with Crippen LogP contribution in [0.15, 0.2) is 41.8 Å². The molecular formula is C15H16N2O3S.